The monoisotopic (exact) mass is 173 g/mol. The summed E-state index contributed by atoms with van der Waals surface area (Å²) in [5.41, 5.74) is 0. The molecule has 0 spiro atoms. The first-order valence-electron chi connectivity index (χ1n) is 4.32. The highest BCUT2D eigenvalue weighted by molar-refractivity contribution is 5.71. The molecule has 1 saturated heterocycles. The Hall–Kier alpha value is -0.610. The van der Waals surface area contributed by atoms with Crippen molar-refractivity contribution in [1.29, 1.82) is 0 Å². The van der Waals surface area contributed by atoms with Crippen LogP contribution in [0.4, 0.5) is 0 Å². The van der Waals surface area contributed by atoms with Crippen LogP contribution < -0.4 is 5.32 Å². The van der Waals surface area contributed by atoms with Crippen molar-refractivity contribution in [2.45, 2.75) is 25.3 Å². The van der Waals surface area contributed by atoms with Gasteiger partial charge in [-0.3, -0.25) is 4.79 Å². The maximum absolute atomic E-state index is 10.6. The molecule has 0 saturated carbocycles. The standard InChI is InChI=1S/C8H15NO3/c10-5-6(8(11)12)7-3-1-2-4-9-7/h6-7,9-10H,1-5H2,(H,11,12). The van der Waals surface area contributed by atoms with Gasteiger partial charge < -0.3 is 15.5 Å². The second-order valence-electron chi connectivity index (χ2n) is 3.18. The van der Waals surface area contributed by atoms with Crippen molar-refractivity contribution in [3.63, 3.8) is 0 Å². The molecule has 12 heavy (non-hydrogen) atoms. The molecule has 1 aliphatic rings. The smallest absolute Gasteiger partial charge is 0.310 e. The van der Waals surface area contributed by atoms with E-state index >= 15 is 0 Å². The Kier molecular flexibility index (Phi) is 3.49. The molecule has 1 heterocycles. The van der Waals surface area contributed by atoms with Gasteiger partial charge >= 0.3 is 5.97 Å². The van der Waals surface area contributed by atoms with E-state index in [1.807, 2.05) is 0 Å². The number of rotatable bonds is 3. The minimum absolute atomic E-state index is 0.0405. The second kappa shape index (κ2) is 4.42. The topological polar surface area (TPSA) is 69.6 Å². The summed E-state index contributed by atoms with van der Waals surface area (Å²) in [5, 5.41) is 20.7. The zero-order valence-electron chi connectivity index (χ0n) is 6.99. The van der Waals surface area contributed by atoms with E-state index in [0.29, 0.717) is 0 Å². The number of aliphatic hydroxyl groups is 1. The molecule has 0 aromatic carbocycles. The molecule has 70 valence electrons. The van der Waals surface area contributed by atoms with E-state index in [0.717, 1.165) is 25.8 Å². The van der Waals surface area contributed by atoms with Crippen LogP contribution in [0.15, 0.2) is 0 Å². The molecule has 3 N–H and O–H groups in total. The highest BCUT2D eigenvalue weighted by Gasteiger charge is 2.28. The zero-order valence-corrected chi connectivity index (χ0v) is 6.99. The predicted molar refractivity (Wildman–Crippen MR) is 43.9 cm³/mol. The number of carboxylic acid groups (broad SMARTS) is 1. The fourth-order valence-electron chi connectivity index (χ4n) is 1.60. The molecule has 2 unspecified atom stereocenters. The van der Waals surface area contributed by atoms with Crippen LogP contribution in [0.25, 0.3) is 0 Å². The third kappa shape index (κ3) is 2.19. The Balaban J connectivity index is 2.46. The highest BCUT2D eigenvalue weighted by Crippen LogP contribution is 2.15. The molecule has 0 amide bonds. The van der Waals surface area contributed by atoms with Crippen molar-refractivity contribution in [2.75, 3.05) is 13.2 Å². The van der Waals surface area contributed by atoms with Crippen LogP contribution in [0.1, 0.15) is 19.3 Å². The van der Waals surface area contributed by atoms with Crippen LogP contribution in [0.5, 0.6) is 0 Å². The van der Waals surface area contributed by atoms with Crippen LogP contribution in [-0.2, 0) is 4.79 Å². The van der Waals surface area contributed by atoms with E-state index in [1.54, 1.807) is 0 Å². The van der Waals surface area contributed by atoms with E-state index in [9.17, 15) is 4.79 Å². The number of carbonyl (C=O) groups is 1. The Bertz CT molecular complexity index is 154. The summed E-state index contributed by atoms with van der Waals surface area (Å²) in [6.45, 7) is 0.599. The number of carboxylic acids is 1. The summed E-state index contributed by atoms with van der Waals surface area (Å²) < 4.78 is 0. The molecule has 0 aliphatic carbocycles. The quantitative estimate of drug-likeness (QED) is 0.554. The van der Waals surface area contributed by atoms with Gasteiger partial charge in [-0.15, -0.1) is 0 Å². The summed E-state index contributed by atoms with van der Waals surface area (Å²) in [7, 11) is 0. The average molecular weight is 173 g/mol. The maximum atomic E-state index is 10.6. The van der Waals surface area contributed by atoms with Gasteiger partial charge in [0.2, 0.25) is 0 Å². The summed E-state index contributed by atoms with van der Waals surface area (Å²) in [6.07, 6.45) is 3.02. The Labute approximate surface area is 71.6 Å². The Morgan fingerprint density at radius 3 is 2.75 bits per heavy atom. The van der Waals surface area contributed by atoms with Gasteiger partial charge in [0, 0.05) is 6.04 Å². The predicted octanol–water partition coefficient (Wildman–Crippen LogP) is -0.178. The summed E-state index contributed by atoms with van der Waals surface area (Å²) in [6, 6.07) is -0.0405. The number of hydrogen-bond donors (Lipinski definition) is 3. The molecule has 1 rings (SSSR count). The van der Waals surface area contributed by atoms with Crippen molar-refractivity contribution in [2.24, 2.45) is 5.92 Å². The molecule has 0 bridgehead atoms. The molecular formula is C8H15NO3. The SMILES string of the molecule is O=C(O)C(CO)C1CCCCN1. The van der Waals surface area contributed by atoms with Gasteiger partial charge in [0.1, 0.15) is 0 Å². The van der Waals surface area contributed by atoms with Crippen LogP contribution in [0, 0.1) is 5.92 Å². The van der Waals surface area contributed by atoms with Crippen LogP contribution >= 0.6 is 0 Å². The summed E-state index contributed by atoms with van der Waals surface area (Å²) in [4.78, 5) is 10.6. The van der Waals surface area contributed by atoms with Crippen molar-refractivity contribution in [3.05, 3.63) is 0 Å². The van der Waals surface area contributed by atoms with E-state index in [-0.39, 0.29) is 12.6 Å². The lowest BCUT2D eigenvalue weighted by molar-refractivity contribution is -0.144. The largest absolute Gasteiger partial charge is 0.481 e. The van der Waals surface area contributed by atoms with Gasteiger partial charge in [0.15, 0.2) is 0 Å². The molecule has 0 aromatic rings. The molecule has 4 heteroatoms. The lowest BCUT2D eigenvalue weighted by atomic mass is 9.93. The van der Waals surface area contributed by atoms with E-state index in [4.69, 9.17) is 10.2 Å². The Morgan fingerprint density at radius 1 is 1.58 bits per heavy atom. The van der Waals surface area contributed by atoms with E-state index < -0.39 is 11.9 Å². The number of nitrogens with one attached hydrogen (secondary N) is 1. The molecule has 0 radical (unpaired) electrons. The van der Waals surface area contributed by atoms with Gasteiger partial charge in [0.25, 0.3) is 0 Å². The van der Waals surface area contributed by atoms with Crippen LogP contribution in [0.2, 0.25) is 0 Å². The number of hydrogen-bond acceptors (Lipinski definition) is 3. The van der Waals surface area contributed by atoms with E-state index in [2.05, 4.69) is 5.32 Å². The van der Waals surface area contributed by atoms with Gasteiger partial charge in [-0.2, -0.15) is 0 Å². The summed E-state index contributed by atoms with van der Waals surface area (Å²) in [5.74, 6) is -1.54. The number of piperidine rings is 1. The van der Waals surface area contributed by atoms with Gasteiger partial charge in [-0.25, -0.2) is 0 Å². The fraction of sp³-hybridized carbons (Fsp3) is 0.875. The number of aliphatic hydroxyl groups excluding tert-OH is 1. The second-order valence-corrected chi connectivity index (χ2v) is 3.18. The minimum atomic E-state index is -0.906. The first-order valence-corrected chi connectivity index (χ1v) is 4.32. The van der Waals surface area contributed by atoms with Gasteiger partial charge in [-0.1, -0.05) is 6.42 Å². The third-order valence-electron chi connectivity index (χ3n) is 2.35. The van der Waals surface area contributed by atoms with Crippen LogP contribution in [-0.4, -0.2) is 35.4 Å². The fourth-order valence-corrected chi connectivity index (χ4v) is 1.60. The first kappa shape index (κ1) is 9.48. The average Bonchev–Trinajstić information content (AvgIpc) is 2.07. The highest BCUT2D eigenvalue weighted by atomic mass is 16.4. The Morgan fingerprint density at radius 2 is 2.33 bits per heavy atom. The van der Waals surface area contributed by atoms with Crippen molar-refractivity contribution < 1.29 is 15.0 Å². The minimum Gasteiger partial charge on any atom is -0.481 e. The molecule has 0 aromatic heterocycles. The molecular weight excluding hydrogens is 158 g/mol. The normalized spacial score (nSPS) is 26.6. The lowest BCUT2D eigenvalue weighted by Crippen LogP contribution is -2.44. The lowest BCUT2D eigenvalue weighted by Gasteiger charge is -2.27. The van der Waals surface area contributed by atoms with Gasteiger partial charge in [-0.05, 0) is 19.4 Å². The molecule has 4 nitrogen and oxygen atoms in total. The molecule has 1 aliphatic heterocycles. The van der Waals surface area contributed by atoms with Crippen molar-refractivity contribution in [3.8, 4) is 0 Å². The molecule has 1 fully saturated rings. The third-order valence-corrected chi connectivity index (χ3v) is 2.35. The number of aliphatic carboxylic acids is 1. The first-order chi connectivity index (χ1) is 5.75. The van der Waals surface area contributed by atoms with Crippen molar-refractivity contribution >= 4 is 5.97 Å². The van der Waals surface area contributed by atoms with E-state index in [1.165, 1.54) is 0 Å². The van der Waals surface area contributed by atoms with Gasteiger partial charge in [0.05, 0.1) is 12.5 Å². The molecule has 2 atom stereocenters. The maximum Gasteiger partial charge on any atom is 0.310 e. The summed E-state index contributed by atoms with van der Waals surface area (Å²) >= 11 is 0. The zero-order chi connectivity index (χ0) is 8.97. The van der Waals surface area contributed by atoms with Crippen molar-refractivity contribution in [1.82, 2.24) is 5.32 Å². The van der Waals surface area contributed by atoms with Crippen LogP contribution in [0.3, 0.4) is 0 Å².